The van der Waals surface area contributed by atoms with Crippen molar-refractivity contribution in [1.82, 2.24) is 5.32 Å². The van der Waals surface area contributed by atoms with E-state index in [0.717, 1.165) is 19.0 Å². The van der Waals surface area contributed by atoms with Crippen molar-refractivity contribution < 1.29 is 9.53 Å². The molecule has 2 fully saturated rings. The summed E-state index contributed by atoms with van der Waals surface area (Å²) in [6, 6.07) is 0. The van der Waals surface area contributed by atoms with Crippen LogP contribution in [0.2, 0.25) is 0 Å². The Kier molecular flexibility index (Phi) is 5.13. The van der Waals surface area contributed by atoms with Crippen LogP contribution in [-0.4, -0.2) is 24.8 Å². The van der Waals surface area contributed by atoms with Crippen LogP contribution in [0.4, 0.5) is 4.79 Å². The lowest BCUT2D eigenvalue weighted by Crippen LogP contribution is -2.52. The van der Waals surface area contributed by atoms with Gasteiger partial charge in [-0.25, -0.2) is 4.79 Å². The molecule has 2 saturated carbocycles. The van der Waals surface area contributed by atoms with Crippen molar-refractivity contribution >= 4 is 18.5 Å². The lowest BCUT2D eigenvalue weighted by Gasteiger charge is -2.58. The van der Waals surface area contributed by atoms with E-state index in [1.807, 2.05) is 20.8 Å². The molecule has 0 aromatic carbocycles. The molecule has 0 aromatic rings. The van der Waals surface area contributed by atoms with Crippen molar-refractivity contribution in [3.05, 3.63) is 0 Å². The quantitative estimate of drug-likeness (QED) is 0.840. The maximum atomic E-state index is 11.5. The Labute approximate surface area is 122 Å². The number of halogens is 1. The molecular formula is C14H27ClN2O2. The van der Waals surface area contributed by atoms with Crippen molar-refractivity contribution in [2.45, 2.75) is 52.1 Å². The number of hydrogen-bond donors (Lipinski definition) is 2. The molecule has 1 amide bonds. The summed E-state index contributed by atoms with van der Waals surface area (Å²) in [6.45, 7) is 7.23. The second-order valence-electron chi connectivity index (χ2n) is 7.17. The summed E-state index contributed by atoms with van der Waals surface area (Å²) in [5.41, 5.74) is 5.83. The second kappa shape index (κ2) is 5.88. The van der Waals surface area contributed by atoms with Gasteiger partial charge in [-0.1, -0.05) is 0 Å². The van der Waals surface area contributed by atoms with Crippen LogP contribution in [0, 0.1) is 17.3 Å². The van der Waals surface area contributed by atoms with Crippen LogP contribution < -0.4 is 11.1 Å². The Balaban J connectivity index is 0.00000180. The van der Waals surface area contributed by atoms with Gasteiger partial charge in [-0.15, -0.1) is 12.4 Å². The van der Waals surface area contributed by atoms with E-state index in [1.54, 1.807) is 0 Å². The number of hydrogen-bond acceptors (Lipinski definition) is 3. The van der Waals surface area contributed by atoms with Crippen molar-refractivity contribution in [3.63, 3.8) is 0 Å². The molecular weight excluding hydrogens is 264 g/mol. The highest BCUT2D eigenvalue weighted by Crippen LogP contribution is 2.60. The Morgan fingerprint density at radius 2 is 1.79 bits per heavy atom. The Hall–Kier alpha value is -0.480. The van der Waals surface area contributed by atoms with Crippen LogP contribution in [0.3, 0.4) is 0 Å². The summed E-state index contributed by atoms with van der Waals surface area (Å²) in [5.74, 6) is 1.39. The van der Waals surface area contributed by atoms with Gasteiger partial charge < -0.3 is 15.8 Å². The molecule has 1 spiro atoms. The number of nitrogens with two attached hydrogens (primary N) is 1. The fourth-order valence-corrected chi connectivity index (χ4v) is 3.52. The lowest BCUT2D eigenvalue weighted by molar-refractivity contribution is -0.0640. The summed E-state index contributed by atoms with van der Waals surface area (Å²) in [4.78, 5) is 11.5. The minimum atomic E-state index is -0.409. The van der Waals surface area contributed by atoms with E-state index in [0.29, 0.717) is 11.3 Å². The van der Waals surface area contributed by atoms with Crippen molar-refractivity contribution in [1.29, 1.82) is 0 Å². The van der Waals surface area contributed by atoms with Crippen LogP contribution in [0.25, 0.3) is 0 Å². The van der Waals surface area contributed by atoms with Crippen molar-refractivity contribution in [3.8, 4) is 0 Å². The van der Waals surface area contributed by atoms with Crippen molar-refractivity contribution in [2.75, 3.05) is 13.1 Å². The topological polar surface area (TPSA) is 64.3 Å². The largest absolute Gasteiger partial charge is 0.444 e. The molecule has 5 heteroatoms. The molecule has 0 saturated heterocycles. The second-order valence-corrected chi connectivity index (χ2v) is 7.17. The van der Waals surface area contributed by atoms with E-state index < -0.39 is 5.60 Å². The smallest absolute Gasteiger partial charge is 0.407 e. The third kappa shape index (κ3) is 4.25. The zero-order valence-electron chi connectivity index (χ0n) is 12.2. The molecule has 0 aliphatic heterocycles. The van der Waals surface area contributed by atoms with Crippen LogP contribution in [0.1, 0.15) is 46.5 Å². The number of alkyl carbamates (subject to hydrolysis) is 1. The fraction of sp³-hybridized carbons (Fsp3) is 0.929. The molecule has 2 aliphatic rings. The Morgan fingerprint density at radius 3 is 2.26 bits per heavy atom. The highest BCUT2D eigenvalue weighted by Gasteiger charge is 2.51. The molecule has 0 radical (unpaired) electrons. The first-order valence-electron chi connectivity index (χ1n) is 6.99. The number of ether oxygens (including phenoxy) is 1. The monoisotopic (exact) mass is 290 g/mol. The molecule has 0 bridgehead atoms. The van der Waals surface area contributed by atoms with Crippen LogP contribution in [0.5, 0.6) is 0 Å². The Bertz CT molecular complexity index is 314. The first kappa shape index (κ1) is 16.6. The average Bonchev–Trinajstić information content (AvgIpc) is 2.10. The fourth-order valence-electron chi connectivity index (χ4n) is 3.52. The van der Waals surface area contributed by atoms with Crippen LogP contribution in [0.15, 0.2) is 0 Å². The van der Waals surface area contributed by atoms with Gasteiger partial charge in [0.05, 0.1) is 0 Å². The first-order chi connectivity index (χ1) is 8.32. The minimum absolute atomic E-state index is 0. The number of nitrogens with one attached hydrogen (secondary N) is 1. The molecule has 2 aliphatic carbocycles. The van der Waals surface area contributed by atoms with Crippen LogP contribution >= 0.6 is 12.4 Å². The molecule has 0 heterocycles. The summed E-state index contributed by atoms with van der Waals surface area (Å²) in [7, 11) is 0. The van der Waals surface area contributed by atoms with Gasteiger partial charge in [-0.05, 0) is 70.3 Å². The van der Waals surface area contributed by atoms with Gasteiger partial charge in [0.2, 0.25) is 0 Å². The van der Waals surface area contributed by atoms with E-state index in [1.165, 1.54) is 25.7 Å². The summed E-state index contributed by atoms with van der Waals surface area (Å²) >= 11 is 0. The predicted molar refractivity (Wildman–Crippen MR) is 78.4 cm³/mol. The molecule has 3 N–H and O–H groups in total. The summed E-state index contributed by atoms with van der Waals surface area (Å²) in [5, 5.41) is 2.87. The van der Waals surface area contributed by atoms with Crippen molar-refractivity contribution in [2.24, 2.45) is 23.0 Å². The van der Waals surface area contributed by atoms with E-state index in [-0.39, 0.29) is 18.5 Å². The van der Waals surface area contributed by atoms with Gasteiger partial charge in [0, 0.05) is 6.54 Å². The van der Waals surface area contributed by atoms with Gasteiger partial charge >= 0.3 is 6.09 Å². The minimum Gasteiger partial charge on any atom is -0.444 e. The van der Waals surface area contributed by atoms with E-state index >= 15 is 0 Å². The number of carbonyl (C=O) groups excluding carboxylic acids is 1. The van der Waals surface area contributed by atoms with Gasteiger partial charge in [-0.3, -0.25) is 0 Å². The third-order valence-corrected chi connectivity index (χ3v) is 4.15. The zero-order chi connectivity index (χ0) is 13.4. The maximum Gasteiger partial charge on any atom is 0.407 e. The van der Waals surface area contributed by atoms with E-state index in [9.17, 15) is 4.79 Å². The maximum absolute atomic E-state index is 11.5. The van der Waals surface area contributed by atoms with Gasteiger partial charge in [0.15, 0.2) is 0 Å². The standard InChI is InChI=1S/C14H26N2O2.ClH/c1-13(2,3)18-12(17)16-9-11-6-14(7-11)4-10(5-14)8-15;/h10-11H,4-9,15H2,1-3H3,(H,16,17);1H. The molecule has 112 valence electrons. The number of amides is 1. The average molecular weight is 291 g/mol. The Morgan fingerprint density at radius 1 is 1.26 bits per heavy atom. The third-order valence-electron chi connectivity index (χ3n) is 4.15. The SMILES string of the molecule is CC(C)(C)OC(=O)NCC1CC2(CC(CN)C2)C1.Cl. The normalized spacial score (nSPS) is 32.8. The molecule has 0 unspecified atom stereocenters. The van der Waals surface area contributed by atoms with E-state index in [4.69, 9.17) is 10.5 Å². The molecule has 0 atom stereocenters. The predicted octanol–water partition coefficient (Wildman–Crippen LogP) is 2.70. The summed E-state index contributed by atoms with van der Waals surface area (Å²) in [6.07, 6.45) is 4.80. The van der Waals surface area contributed by atoms with Gasteiger partial charge in [0.1, 0.15) is 5.60 Å². The van der Waals surface area contributed by atoms with E-state index in [2.05, 4.69) is 5.32 Å². The molecule has 0 aromatic heterocycles. The zero-order valence-corrected chi connectivity index (χ0v) is 13.0. The highest BCUT2D eigenvalue weighted by atomic mass is 35.5. The number of rotatable bonds is 3. The van der Waals surface area contributed by atoms with Gasteiger partial charge in [0.25, 0.3) is 0 Å². The summed E-state index contributed by atoms with van der Waals surface area (Å²) < 4.78 is 5.22. The highest BCUT2D eigenvalue weighted by molar-refractivity contribution is 5.85. The molecule has 4 nitrogen and oxygen atoms in total. The van der Waals surface area contributed by atoms with Crippen LogP contribution in [-0.2, 0) is 4.74 Å². The molecule has 2 rings (SSSR count). The van der Waals surface area contributed by atoms with Gasteiger partial charge in [-0.2, -0.15) is 0 Å². The number of carbonyl (C=O) groups is 1. The first-order valence-corrected chi connectivity index (χ1v) is 6.99. The lowest BCUT2D eigenvalue weighted by atomic mass is 9.48. The molecule has 19 heavy (non-hydrogen) atoms.